The fraction of sp³-hybridized carbons (Fsp3) is 1.00. The van der Waals surface area contributed by atoms with Gasteiger partial charge >= 0.3 is 0 Å². The van der Waals surface area contributed by atoms with Gasteiger partial charge in [0.15, 0.2) is 0 Å². The highest BCUT2D eigenvalue weighted by Gasteiger charge is 2.00. The molecule has 0 aliphatic carbocycles. The normalized spacial score (nSPS) is 13.1. The van der Waals surface area contributed by atoms with Gasteiger partial charge in [-0.3, -0.25) is 0 Å². The molecule has 0 saturated carbocycles. The lowest BCUT2D eigenvalue weighted by Crippen LogP contribution is -1.94. The molecule has 0 heteroatoms. The Balaban J connectivity index is 3.06. The molecule has 0 aromatic rings. The van der Waals surface area contributed by atoms with Crippen molar-refractivity contribution in [3.63, 3.8) is 0 Å². The van der Waals surface area contributed by atoms with Crippen LogP contribution in [-0.4, -0.2) is 0 Å². The smallest absolute Gasteiger partial charge is 0.0443 e. The average Bonchev–Trinajstić information content (AvgIpc) is 2.18. The van der Waals surface area contributed by atoms with E-state index in [9.17, 15) is 0 Å². The van der Waals surface area contributed by atoms with Gasteiger partial charge in [-0.1, -0.05) is 85.0 Å². The number of rotatable bonds is 10. The molecular weight excluding hydrogens is 168 g/mol. The summed E-state index contributed by atoms with van der Waals surface area (Å²) in [7, 11) is 0. The molecule has 0 radical (unpaired) electrons. The van der Waals surface area contributed by atoms with Crippen LogP contribution < -0.4 is 0 Å². The largest absolute Gasteiger partial charge is 0.0654 e. The fourth-order valence-electron chi connectivity index (χ4n) is 1.98. The van der Waals surface area contributed by atoms with Crippen molar-refractivity contribution >= 4 is 0 Å². The predicted octanol–water partition coefficient (Wildman–Crippen LogP) is 5.56. The molecule has 0 amide bonds. The Morgan fingerprint density at radius 1 is 0.643 bits per heavy atom. The van der Waals surface area contributed by atoms with Gasteiger partial charge in [0.05, 0.1) is 0 Å². The first-order valence-electron chi connectivity index (χ1n) is 6.81. The van der Waals surface area contributed by atoms with Crippen LogP contribution in [0.2, 0.25) is 0 Å². The van der Waals surface area contributed by atoms with Crippen LogP contribution in [0.5, 0.6) is 0 Å². The first kappa shape index (κ1) is 14.0. The summed E-state index contributed by atoms with van der Waals surface area (Å²) < 4.78 is 0. The van der Waals surface area contributed by atoms with Crippen molar-refractivity contribution < 1.29 is 0 Å². The van der Waals surface area contributed by atoms with Crippen LogP contribution >= 0.6 is 0 Å². The Bertz CT molecular complexity index is 96.2. The maximum atomic E-state index is 2.43. The standard InChI is InChI=1S/C14H30/c1-4-6-8-9-11-13-14(3)12-10-7-5-2/h14H,4-13H2,1-3H3. The molecule has 0 N–H and O–H groups in total. The van der Waals surface area contributed by atoms with E-state index in [1.807, 2.05) is 0 Å². The van der Waals surface area contributed by atoms with E-state index in [0.717, 1.165) is 5.92 Å². The number of unbranched alkanes of at least 4 members (excludes halogenated alkanes) is 6. The molecule has 1 unspecified atom stereocenters. The van der Waals surface area contributed by atoms with Crippen molar-refractivity contribution in [2.24, 2.45) is 5.92 Å². The maximum absolute atomic E-state index is 2.43. The third-order valence-electron chi connectivity index (χ3n) is 3.10. The van der Waals surface area contributed by atoms with Gasteiger partial charge in [-0.15, -0.1) is 0 Å². The van der Waals surface area contributed by atoms with Crippen LogP contribution in [0.1, 0.15) is 85.0 Å². The maximum Gasteiger partial charge on any atom is -0.0443 e. The summed E-state index contributed by atoms with van der Waals surface area (Å²) in [5.74, 6) is 0.975. The monoisotopic (exact) mass is 198 g/mol. The molecule has 0 bridgehead atoms. The van der Waals surface area contributed by atoms with Gasteiger partial charge in [0.25, 0.3) is 0 Å². The van der Waals surface area contributed by atoms with Gasteiger partial charge in [0.1, 0.15) is 0 Å². The summed E-state index contributed by atoms with van der Waals surface area (Å²) in [6.45, 7) is 7.00. The van der Waals surface area contributed by atoms with Gasteiger partial charge in [0, 0.05) is 0 Å². The molecule has 14 heavy (non-hydrogen) atoms. The number of hydrogen-bond donors (Lipinski definition) is 0. The molecule has 0 aromatic carbocycles. The van der Waals surface area contributed by atoms with E-state index in [-0.39, 0.29) is 0 Å². The van der Waals surface area contributed by atoms with E-state index in [0.29, 0.717) is 0 Å². The third kappa shape index (κ3) is 10.1. The zero-order valence-electron chi connectivity index (χ0n) is 10.6. The second-order valence-corrected chi connectivity index (χ2v) is 4.80. The summed E-state index contributed by atoms with van der Waals surface area (Å²) in [6.07, 6.45) is 14.4. The van der Waals surface area contributed by atoms with Crippen molar-refractivity contribution in [2.45, 2.75) is 85.0 Å². The lowest BCUT2D eigenvalue weighted by atomic mass is 9.96. The Kier molecular flexibility index (Phi) is 11.1. The topological polar surface area (TPSA) is 0 Å². The van der Waals surface area contributed by atoms with Crippen molar-refractivity contribution in [3.8, 4) is 0 Å². The second-order valence-electron chi connectivity index (χ2n) is 4.80. The van der Waals surface area contributed by atoms with Crippen LogP contribution in [0, 0.1) is 5.92 Å². The molecule has 1 atom stereocenters. The van der Waals surface area contributed by atoms with Gasteiger partial charge in [-0.25, -0.2) is 0 Å². The summed E-state index contributed by atoms with van der Waals surface area (Å²) in [4.78, 5) is 0. The van der Waals surface area contributed by atoms with E-state index in [1.165, 1.54) is 64.2 Å². The molecule has 0 nitrogen and oxygen atoms in total. The Morgan fingerprint density at radius 3 is 1.64 bits per heavy atom. The van der Waals surface area contributed by atoms with Crippen LogP contribution in [-0.2, 0) is 0 Å². The summed E-state index contributed by atoms with van der Waals surface area (Å²) in [6, 6.07) is 0. The average molecular weight is 198 g/mol. The van der Waals surface area contributed by atoms with Crippen molar-refractivity contribution in [1.82, 2.24) is 0 Å². The second kappa shape index (κ2) is 11.1. The molecule has 86 valence electrons. The summed E-state index contributed by atoms with van der Waals surface area (Å²) in [5, 5.41) is 0. The zero-order chi connectivity index (χ0) is 10.6. The van der Waals surface area contributed by atoms with Gasteiger partial charge in [-0.05, 0) is 5.92 Å². The molecule has 0 heterocycles. The quantitative estimate of drug-likeness (QED) is 0.403. The first-order valence-corrected chi connectivity index (χ1v) is 6.81. The lowest BCUT2D eigenvalue weighted by molar-refractivity contribution is 0.437. The van der Waals surface area contributed by atoms with E-state index >= 15 is 0 Å². The minimum atomic E-state index is 0.975. The lowest BCUT2D eigenvalue weighted by Gasteiger charge is -2.10. The molecule has 0 spiro atoms. The molecule has 0 saturated heterocycles. The third-order valence-corrected chi connectivity index (χ3v) is 3.10. The SMILES string of the molecule is CCCCCCCC(C)CCCCC. The minimum Gasteiger partial charge on any atom is -0.0654 e. The van der Waals surface area contributed by atoms with Crippen molar-refractivity contribution in [1.29, 1.82) is 0 Å². The Morgan fingerprint density at radius 2 is 1.07 bits per heavy atom. The molecular formula is C14H30. The van der Waals surface area contributed by atoms with Gasteiger partial charge in [-0.2, -0.15) is 0 Å². The van der Waals surface area contributed by atoms with Gasteiger partial charge < -0.3 is 0 Å². The van der Waals surface area contributed by atoms with Crippen molar-refractivity contribution in [3.05, 3.63) is 0 Å². The highest BCUT2D eigenvalue weighted by molar-refractivity contribution is 4.54. The van der Waals surface area contributed by atoms with Crippen LogP contribution in [0.25, 0.3) is 0 Å². The minimum absolute atomic E-state index is 0.975. The van der Waals surface area contributed by atoms with E-state index in [2.05, 4.69) is 20.8 Å². The molecule has 0 aliphatic rings. The highest BCUT2D eigenvalue weighted by Crippen LogP contribution is 2.17. The van der Waals surface area contributed by atoms with Crippen LogP contribution in [0.4, 0.5) is 0 Å². The first-order chi connectivity index (χ1) is 6.81. The van der Waals surface area contributed by atoms with Gasteiger partial charge in [0.2, 0.25) is 0 Å². The fourth-order valence-corrected chi connectivity index (χ4v) is 1.98. The van der Waals surface area contributed by atoms with E-state index in [4.69, 9.17) is 0 Å². The van der Waals surface area contributed by atoms with E-state index < -0.39 is 0 Å². The van der Waals surface area contributed by atoms with Crippen LogP contribution in [0.3, 0.4) is 0 Å². The zero-order valence-corrected chi connectivity index (χ0v) is 10.6. The molecule has 0 aromatic heterocycles. The molecule has 0 aliphatic heterocycles. The molecule has 0 fully saturated rings. The Hall–Kier alpha value is 0. The Labute approximate surface area is 91.5 Å². The molecule has 0 rings (SSSR count). The predicted molar refractivity (Wildman–Crippen MR) is 66.7 cm³/mol. The summed E-state index contributed by atoms with van der Waals surface area (Å²) in [5.41, 5.74) is 0. The van der Waals surface area contributed by atoms with Crippen LogP contribution in [0.15, 0.2) is 0 Å². The highest BCUT2D eigenvalue weighted by atomic mass is 14.1. The number of hydrogen-bond acceptors (Lipinski definition) is 0. The summed E-state index contributed by atoms with van der Waals surface area (Å²) >= 11 is 0. The van der Waals surface area contributed by atoms with Crippen molar-refractivity contribution in [2.75, 3.05) is 0 Å². The van der Waals surface area contributed by atoms with E-state index in [1.54, 1.807) is 0 Å².